The first kappa shape index (κ1) is 64.1. The van der Waals surface area contributed by atoms with Crippen LogP contribution in [0.2, 0.25) is 0 Å². The molecule has 456 valence electrons. The molecule has 35 atom stereocenters. The Labute approximate surface area is 439 Å². The fraction of sp³-hybridized carbons (Fsp3) is 1.00. The Balaban J connectivity index is 1.08. The van der Waals surface area contributed by atoms with Crippen LogP contribution in [0.5, 0.6) is 0 Å². The first-order valence-electron chi connectivity index (χ1n) is 24.7. The van der Waals surface area contributed by atoms with Crippen molar-refractivity contribution in [1.82, 2.24) is 0 Å². The molecule has 0 amide bonds. The predicted molar refractivity (Wildman–Crippen MR) is 232 cm³/mol. The fourth-order valence-electron chi connectivity index (χ4n) is 9.77. The lowest BCUT2D eigenvalue weighted by Gasteiger charge is -2.50. The van der Waals surface area contributed by atoms with Crippen LogP contribution in [-0.2, 0) is 61.6 Å². The van der Waals surface area contributed by atoms with E-state index in [-0.39, 0.29) is 0 Å². The summed E-state index contributed by atoms with van der Waals surface area (Å²) in [7, 11) is 0. The van der Waals surface area contributed by atoms with Gasteiger partial charge in [0, 0.05) is 0 Å². The molecule has 7 saturated heterocycles. The summed E-state index contributed by atoms with van der Waals surface area (Å²) in [5, 5.41) is 245. The molecule has 0 aromatic heterocycles. The standard InChI is InChI=1S/C42H72O36/c43-1-8-15(48)22(55)25(58)37(69-8)66-6-13-20(53)32(28(61)36(65)68-13)75-40-29(62)33(18(51)11(4-46)72-40)77-41-30(63)34(19(52)12(5-47)73-41)78-42-31(64)35(76-39-27(60)24(57)17(50)10(3-45)71-39)21(54)14(74-42)7-67-38-26(59)23(56)16(49)9(2-44)70-38/h8-65H,1-7H2/t8-,9-,10-,11-,12-,13-,14-,15-,16-,17-,18-,19-,20-,21-,22+,23+,24+,25-,26-,27-,28-,29-,30-,31-,32+,33+,34+,35+,36?,37-,38-,39+,40+,41+,42+/m1/s1. The Morgan fingerprint density at radius 1 is 0.218 bits per heavy atom. The number of ether oxygens (including phenoxy) is 13. The second kappa shape index (κ2) is 27.5. The third-order valence-electron chi connectivity index (χ3n) is 14.5. The van der Waals surface area contributed by atoms with Crippen molar-refractivity contribution >= 4 is 0 Å². The van der Waals surface area contributed by atoms with Crippen molar-refractivity contribution in [1.29, 1.82) is 0 Å². The minimum Gasteiger partial charge on any atom is -0.394 e. The maximum absolute atomic E-state index is 11.8. The molecule has 0 radical (unpaired) electrons. The Hall–Kier alpha value is -1.44. The molecular weight excluding hydrogens is 1080 g/mol. The van der Waals surface area contributed by atoms with Gasteiger partial charge in [-0.15, -0.1) is 0 Å². The number of hydrogen-bond acceptors (Lipinski definition) is 36. The Morgan fingerprint density at radius 3 is 0.769 bits per heavy atom. The van der Waals surface area contributed by atoms with E-state index in [0.29, 0.717) is 0 Å². The van der Waals surface area contributed by atoms with Crippen molar-refractivity contribution in [2.75, 3.05) is 46.2 Å². The van der Waals surface area contributed by atoms with Crippen LogP contribution in [0, 0.1) is 0 Å². The highest BCUT2D eigenvalue weighted by Gasteiger charge is 2.58. The van der Waals surface area contributed by atoms with Crippen LogP contribution in [0.1, 0.15) is 0 Å². The van der Waals surface area contributed by atoms with Crippen molar-refractivity contribution < 1.29 is 179 Å². The van der Waals surface area contributed by atoms with E-state index in [4.69, 9.17) is 61.6 Å². The third kappa shape index (κ3) is 13.2. The van der Waals surface area contributed by atoms with Crippen LogP contribution in [0.15, 0.2) is 0 Å². The maximum atomic E-state index is 11.8. The molecule has 7 heterocycles. The van der Waals surface area contributed by atoms with Crippen LogP contribution >= 0.6 is 0 Å². The van der Waals surface area contributed by atoms with Gasteiger partial charge in [-0.1, -0.05) is 0 Å². The quantitative estimate of drug-likeness (QED) is 0.0571. The van der Waals surface area contributed by atoms with Gasteiger partial charge in [-0.2, -0.15) is 0 Å². The SMILES string of the molecule is OC[C@H]1O[C@@H](OC[C@H]2O[C@@H](O[C@@H]3[C@@H](O)[C@H](O[C@@H]4[C@@H](O)[C@H](O[C@H]5[C@H](O)[C@@H](CO[C@@H]6O[C@H](CO)[C@@H](O)[C@H](O)[C@H]6O)OC(O)[C@@H]5O)O[C@H](CO)[C@H]4O)O[C@H](CO)[C@H]3O)[C@H](O)[C@@H](O[C@@H]3O[C@H](CO)[C@@H](O)[C@H](O)[C@H]3O)[C@@H]2O)[C@H](O)[C@@H](O)[C@@H]1O. The largest absolute Gasteiger partial charge is 0.394 e. The zero-order valence-corrected chi connectivity index (χ0v) is 40.8. The Kier molecular flexibility index (Phi) is 22.6. The van der Waals surface area contributed by atoms with E-state index in [1.165, 1.54) is 0 Å². The first-order valence-corrected chi connectivity index (χ1v) is 24.7. The molecule has 1 unspecified atom stereocenters. The number of aliphatic hydroxyl groups excluding tert-OH is 23. The topological polar surface area (TPSA) is 585 Å². The molecule has 0 bridgehead atoms. The van der Waals surface area contributed by atoms with Crippen LogP contribution in [-0.4, -0.2) is 379 Å². The molecule has 0 aromatic rings. The lowest BCUT2D eigenvalue weighted by Crippen LogP contribution is -2.68. The molecule has 0 spiro atoms. The molecule has 0 saturated carbocycles. The lowest BCUT2D eigenvalue weighted by atomic mass is 9.95. The molecule has 36 heteroatoms. The molecule has 0 aromatic carbocycles. The van der Waals surface area contributed by atoms with Crippen LogP contribution in [0.25, 0.3) is 0 Å². The molecule has 36 nitrogen and oxygen atoms in total. The van der Waals surface area contributed by atoms with E-state index in [1.807, 2.05) is 0 Å². The van der Waals surface area contributed by atoms with E-state index >= 15 is 0 Å². The van der Waals surface area contributed by atoms with Gasteiger partial charge in [-0.3, -0.25) is 0 Å². The third-order valence-corrected chi connectivity index (χ3v) is 14.5. The van der Waals surface area contributed by atoms with Gasteiger partial charge in [-0.05, 0) is 0 Å². The van der Waals surface area contributed by atoms with Gasteiger partial charge in [0.25, 0.3) is 0 Å². The van der Waals surface area contributed by atoms with E-state index in [2.05, 4.69) is 0 Å². The van der Waals surface area contributed by atoms with Crippen molar-refractivity contribution in [3.63, 3.8) is 0 Å². The minimum absolute atomic E-state index is 0.810. The molecule has 7 aliphatic heterocycles. The van der Waals surface area contributed by atoms with Crippen molar-refractivity contribution in [3.8, 4) is 0 Å². The number of aliphatic hydroxyl groups is 23. The van der Waals surface area contributed by atoms with Crippen LogP contribution in [0.4, 0.5) is 0 Å². The number of hydrogen-bond donors (Lipinski definition) is 23. The second-order valence-corrected chi connectivity index (χ2v) is 19.6. The van der Waals surface area contributed by atoms with Gasteiger partial charge in [0.05, 0.1) is 46.2 Å². The zero-order valence-electron chi connectivity index (χ0n) is 40.8. The number of rotatable bonds is 19. The molecular formula is C42H72O36. The van der Waals surface area contributed by atoms with Gasteiger partial charge in [0.15, 0.2) is 44.0 Å². The molecule has 0 aliphatic carbocycles. The van der Waals surface area contributed by atoms with E-state index in [1.54, 1.807) is 0 Å². The summed E-state index contributed by atoms with van der Waals surface area (Å²) in [5.74, 6) is 0. The van der Waals surface area contributed by atoms with Gasteiger partial charge in [0.2, 0.25) is 0 Å². The van der Waals surface area contributed by atoms with Gasteiger partial charge < -0.3 is 179 Å². The summed E-state index contributed by atoms with van der Waals surface area (Å²) in [5.41, 5.74) is 0. The molecule has 23 N–H and O–H groups in total. The lowest BCUT2D eigenvalue weighted by molar-refractivity contribution is -0.397. The van der Waals surface area contributed by atoms with Gasteiger partial charge in [-0.25, -0.2) is 0 Å². The van der Waals surface area contributed by atoms with E-state index in [0.717, 1.165) is 0 Å². The monoisotopic (exact) mass is 1150 g/mol. The molecule has 7 fully saturated rings. The summed E-state index contributed by atoms with van der Waals surface area (Å²) in [4.78, 5) is 0. The minimum atomic E-state index is -2.35. The van der Waals surface area contributed by atoms with Crippen molar-refractivity contribution in [2.45, 2.75) is 215 Å². The summed E-state index contributed by atoms with van der Waals surface area (Å²) in [6, 6.07) is 0. The summed E-state index contributed by atoms with van der Waals surface area (Å²) >= 11 is 0. The summed E-state index contributed by atoms with van der Waals surface area (Å²) < 4.78 is 72.0. The fourth-order valence-corrected chi connectivity index (χ4v) is 9.77. The molecule has 78 heavy (non-hydrogen) atoms. The zero-order chi connectivity index (χ0) is 57.3. The Bertz CT molecular complexity index is 1810. The van der Waals surface area contributed by atoms with Gasteiger partial charge in [0.1, 0.15) is 171 Å². The highest BCUT2D eigenvalue weighted by atomic mass is 16.8. The molecule has 7 rings (SSSR count). The van der Waals surface area contributed by atoms with Crippen molar-refractivity contribution in [2.24, 2.45) is 0 Å². The summed E-state index contributed by atoms with van der Waals surface area (Å²) in [6.45, 7) is -6.56. The van der Waals surface area contributed by atoms with E-state index < -0.39 is 261 Å². The molecule has 7 aliphatic rings. The Morgan fingerprint density at radius 2 is 0.449 bits per heavy atom. The second-order valence-electron chi connectivity index (χ2n) is 19.6. The maximum Gasteiger partial charge on any atom is 0.187 e. The normalized spacial score (nSPS) is 53.5. The average Bonchev–Trinajstić information content (AvgIpc) is 3.46. The van der Waals surface area contributed by atoms with Crippen LogP contribution < -0.4 is 0 Å². The highest BCUT2D eigenvalue weighted by Crippen LogP contribution is 2.37. The highest BCUT2D eigenvalue weighted by molar-refractivity contribution is 5.00. The summed E-state index contributed by atoms with van der Waals surface area (Å²) in [6.07, 6.45) is -69.4. The van der Waals surface area contributed by atoms with Crippen LogP contribution in [0.3, 0.4) is 0 Å². The average molecular weight is 1150 g/mol. The first-order chi connectivity index (χ1) is 36.9. The smallest absolute Gasteiger partial charge is 0.187 e. The predicted octanol–water partition coefficient (Wildman–Crippen LogP) is -16.3. The van der Waals surface area contributed by atoms with Crippen molar-refractivity contribution in [3.05, 3.63) is 0 Å². The van der Waals surface area contributed by atoms with E-state index in [9.17, 15) is 117 Å². The van der Waals surface area contributed by atoms with Gasteiger partial charge >= 0.3 is 0 Å².